The van der Waals surface area contributed by atoms with E-state index in [9.17, 15) is 12.8 Å². The summed E-state index contributed by atoms with van der Waals surface area (Å²) in [5.74, 6) is -0.584. The Morgan fingerprint density at radius 3 is 2.61 bits per heavy atom. The van der Waals surface area contributed by atoms with Gasteiger partial charge in [-0.15, -0.1) is 11.3 Å². The van der Waals surface area contributed by atoms with Gasteiger partial charge in [0.1, 0.15) is 5.82 Å². The Hall–Kier alpha value is -1.26. The third-order valence-electron chi connectivity index (χ3n) is 2.66. The normalized spacial score (nSPS) is 11.6. The van der Waals surface area contributed by atoms with Crippen molar-refractivity contribution >= 4 is 61.2 Å². The maximum absolute atomic E-state index is 13.8. The van der Waals surface area contributed by atoms with E-state index in [2.05, 4.69) is 14.1 Å². The highest BCUT2D eigenvalue weighted by atomic mass is 35.5. The fraction of sp³-hybridized carbons (Fsp3) is 0. The van der Waals surface area contributed by atoms with E-state index in [0.29, 0.717) is 0 Å². The molecule has 0 bridgehead atoms. The van der Waals surface area contributed by atoms with E-state index in [4.69, 9.17) is 23.2 Å². The number of nitrogens with zero attached hydrogens (tertiary/aromatic N) is 2. The lowest BCUT2D eigenvalue weighted by Crippen LogP contribution is -2.11. The summed E-state index contributed by atoms with van der Waals surface area (Å²) in [7, 11) is -3.87. The Morgan fingerprint density at radius 1 is 1.17 bits per heavy atom. The van der Waals surface area contributed by atoms with Crippen LogP contribution >= 0.6 is 46.1 Å². The van der Waals surface area contributed by atoms with Crippen molar-refractivity contribution in [3.8, 4) is 11.4 Å². The van der Waals surface area contributed by atoms with Crippen molar-refractivity contribution in [3.05, 3.63) is 45.5 Å². The van der Waals surface area contributed by atoms with Gasteiger partial charge in [-0.2, -0.15) is 9.36 Å². The first kappa shape index (κ1) is 16.6. The molecule has 1 aromatic carbocycles. The van der Waals surface area contributed by atoms with Gasteiger partial charge in [0, 0.05) is 11.5 Å². The Bertz CT molecular complexity index is 951. The van der Waals surface area contributed by atoms with Gasteiger partial charge >= 0.3 is 0 Å². The Kier molecular flexibility index (Phi) is 4.56. The van der Waals surface area contributed by atoms with Gasteiger partial charge in [-0.05, 0) is 23.6 Å². The van der Waals surface area contributed by atoms with Crippen molar-refractivity contribution in [2.75, 3.05) is 4.72 Å². The number of sulfonamides is 1. The summed E-state index contributed by atoms with van der Waals surface area (Å²) in [6.45, 7) is 0. The van der Waals surface area contributed by atoms with E-state index in [-0.39, 0.29) is 30.8 Å². The SMILES string of the molecule is O=S(=O)(Nc1nc(-c2c(F)cccc2Cl)ns1)c1sccc1Cl. The molecule has 23 heavy (non-hydrogen) atoms. The largest absolute Gasteiger partial charge is 0.274 e. The molecule has 1 N–H and O–H groups in total. The topological polar surface area (TPSA) is 72.0 Å². The number of aromatic nitrogens is 2. The Balaban J connectivity index is 1.93. The molecular formula is C12H6Cl2FN3O2S3. The smallest absolute Gasteiger partial charge is 0.253 e. The second-order valence-electron chi connectivity index (χ2n) is 4.18. The van der Waals surface area contributed by atoms with Crippen LogP contribution in [0.1, 0.15) is 0 Å². The van der Waals surface area contributed by atoms with E-state index >= 15 is 0 Å². The Morgan fingerprint density at radius 2 is 1.96 bits per heavy atom. The summed E-state index contributed by atoms with van der Waals surface area (Å²) < 4.78 is 44.5. The second kappa shape index (κ2) is 6.33. The van der Waals surface area contributed by atoms with Crippen LogP contribution in [0.5, 0.6) is 0 Å². The molecular weight excluding hydrogens is 404 g/mol. The van der Waals surface area contributed by atoms with E-state index in [0.717, 1.165) is 22.9 Å². The average Bonchev–Trinajstić information content (AvgIpc) is 3.08. The molecule has 0 aliphatic heterocycles. The van der Waals surface area contributed by atoms with E-state index in [1.807, 2.05) is 0 Å². The van der Waals surface area contributed by atoms with Crippen molar-refractivity contribution < 1.29 is 12.8 Å². The van der Waals surface area contributed by atoms with Crippen molar-refractivity contribution in [2.24, 2.45) is 0 Å². The number of halogens is 3. The van der Waals surface area contributed by atoms with Crippen LogP contribution in [0.4, 0.5) is 9.52 Å². The molecule has 2 heterocycles. The standard InChI is InChI=1S/C12H6Cl2FN3O2S3/c13-6-2-1-3-8(15)9(6)10-16-12(22-17-10)18-23(19,20)11-7(14)4-5-21-11/h1-5H,(H,16,17,18). The number of rotatable bonds is 4. The number of anilines is 1. The van der Waals surface area contributed by atoms with Gasteiger partial charge in [-0.1, -0.05) is 29.3 Å². The second-order valence-corrected chi connectivity index (χ2v) is 8.54. The zero-order chi connectivity index (χ0) is 16.6. The summed E-state index contributed by atoms with van der Waals surface area (Å²) >= 11 is 13.5. The van der Waals surface area contributed by atoms with Crippen LogP contribution in [-0.2, 0) is 10.0 Å². The van der Waals surface area contributed by atoms with Crippen molar-refractivity contribution in [1.82, 2.24) is 9.36 Å². The highest BCUT2D eigenvalue weighted by molar-refractivity contribution is 7.95. The molecule has 0 saturated heterocycles. The lowest BCUT2D eigenvalue weighted by atomic mass is 10.2. The van der Waals surface area contributed by atoms with Crippen LogP contribution in [-0.4, -0.2) is 17.8 Å². The fourth-order valence-corrected chi connectivity index (χ4v) is 5.44. The van der Waals surface area contributed by atoms with Gasteiger partial charge in [0.15, 0.2) is 10.0 Å². The van der Waals surface area contributed by atoms with Gasteiger partial charge in [-0.3, -0.25) is 4.72 Å². The molecule has 0 saturated carbocycles. The number of hydrogen-bond donors (Lipinski definition) is 1. The lowest BCUT2D eigenvalue weighted by molar-refractivity contribution is 0.603. The molecule has 0 aliphatic carbocycles. The molecule has 11 heteroatoms. The summed E-state index contributed by atoms with van der Waals surface area (Å²) in [4.78, 5) is 3.98. The number of hydrogen-bond acceptors (Lipinski definition) is 6. The van der Waals surface area contributed by atoms with Crippen LogP contribution in [0.3, 0.4) is 0 Å². The molecule has 0 aliphatic rings. The van der Waals surface area contributed by atoms with Crippen LogP contribution in [0, 0.1) is 5.82 Å². The van der Waals surface area contributed by atoms with Gasteiger partial charge in [-0.25, -0.2) is 12.8 Å². The monoisotopic (exact) mass is 409 g/mol. The molecule has 0 spiro atoms. The minimum Gasteiger partial charge on any atom is -0.253 e. The van der Waals surface area contributed by atoms with E-state index in [1.165, 1.54) is 24.3 Å². The minimum atomic E-state index is -3.87. The first-order valence-electron chi connectivity index (χ1n) is 5.92. The van der Waals surface area contributed by atoms with Crippen molar-refractivity contribution in [3.63, 3.8) is 0 Å². The summed E-state index contributed by atoms with van der Waals surface area (Å²) in [5, 5.41) is 1.80. The van der Waals surface area contributed by atoms with Crippen LogP contribution < -0.4 is 4.72 Å². The maximum Gasteiger partial charge on any atom is 0.274 e. The summed E-state index contributed by atoms with van der Waals surface area (Å²) in [6, 6.07) is 5.65. The minimum absolute atomic E-state index is 0.00748. The average molecular weight is 410 g/mol. The lowest BCUT2D eigenvalue weighted by Gasteiger charge is -2.02. The summed E-state index contributed by atoms with van der Waals surface area (Å²) in [6.07, 6.45) is 0. The molecule has 5 nitrogen and oxygen atoms in total. The molecule has 3 rings (SSSR count). The third-order valence-corrected chi connectivity index (χ3v) is 7.10. The zero-order valence-corrected chi connectivity index (χ0v) is 14.9. The molecule has 0 radical (unpaired) electrons. The van der Waals surface area contributed by atoms with Crippen LogP contribution in [0.2, 0.25) is 10.0 Å². The number of nitrogens with one attached hydrogen (secondary N) is 1. The van der Waals surface area contributed by atoms with E-state index in [1.54, 1.807) is 5.38 Å². The summed E-state index contributed by atoms with van der Waals surface area (Å²) in [5.41, 5.74) is 0.0185. The molecule has 3 aromatic rings. The predicted octanol–water partition coefficient (Wildman–Crippen LogP) is 4.51. The molecule has 0 fully saturated rings. The molecule has 0 unspecified atom stereocenters. The predicted molar refractivity (Wildman–Crippen MR) is 90.5 cm³/mol. The van der Waals surface area contributed by atoms with Crippen LogP contribution in [0.15, 0.2) is 33.9 Å². The quantitative estimate of drug-likeness (QED) is 0.687. The first-order valence-corrected chi connectivity index (χ1v) is 9.81. The van der Waals surface area contributed by atoms with Crippen molar-refractivity contribution in [1.29, 1.82) is 0 Å². The van der Waals surface area contributed by atoms with Gasteiger partial charge in [0.25, 0.3) is 10.0 Å². The number of benzene rings is 1. The molecule has 120 valence electrons. The molecule has 2 aromatic heterocycles. The Labute approximate surface area is 148 Å². The van der Waals surface area contributed by atoms with E-state index < -0.39 is 15.8 Å². The first-order chi connectivity index (χ1) is 10.9. The zero-order valence-electron chi connectivity index (χ0n) is 11.0. The third kappa shape index (κ3) is 3.33. The maximum atomic E-state index is 13.8. The fourth-order valence-electron chi connectivity index (χ4n) is 1.71. The highest BCUT2D eigenvalue weighted by Gasteiger charge is 2.22. The van der Waals surface area contributed by atoms with Gasteiger partial charge < -0.3 is 0 Å². The van der Waals surface area contributed by atoms with Crippen molar-refractivity contribution in [2.45, 2.75) is 4.21 Å². The highest BCUT2D eigenvalue weighted by Crippen LogP contribution is 2.32. The molecule has 0 amide bonds. The molecule has 0 atom stereocenters. The van der Waals surface area contributed by atoms with Gasteiger partial charge in [0.05, 0.1) is 15.6 Å². The number of thiophene rings is 1. The van der Waals surface area contributed by atoms with Gasteiger partial charge in [0.2, 0.25) is 5.13 Å². The van der Waals surface area contributed by atoms with Crippen LogP contribution in [0.25, 0.3) is 11.4 Å².